The van der Waals surface area contributed by atoms with Gasteiger partial charge in [0.1, 0.15) is 0 Å². The van der Waals surface area contributed by atoms with Crippen LogP contribution in [0, 0.1) is 17.2 Å². The number of nitrogens with one attached hydrogen (secondary N) is 1. The van der Waals surface area contributed by atoms with Gasteiger partial charge in [0.25, 0.3) is 0 Å². The molecule has 0 bridgehead atoms. The SMILES string of the molecule is CN(C)CCNC1CCCCCC1C#N. The van der Waals surface area contributed by atoms with E-state index in [-0.39, 0.29) is 5.92 Å². The van der Waals surface area contributed by atoms with Gasteiger partial charge in [0.15, 0.2) is 0 Å². The first-order chi connectivity index (χ1) is 7.24. The Kier molecular flexibility index (Phi) is 5.67. The molecule has 1 saturated carbocycles. The van der Waals surface area contributed by atoms with Crippen molar-refractivity contribution >= 4 is 0 Å². The van der Waals surface area contributed by atoms with Crippen molar-refractivity contribution in [2.75, 3.05) is 27.2 Å². The van der Waals surface area contributed by atoms with Crippen LogP contribution in [0.3, 0.4) is 0 Å². The minimum absolute atomic E-state index is 0.231. The summed E-state index contributed by atoms with van der Waals surface area (Å²) in [6.45, 7) is 2.05. The molecular formula is C12H23N3. The molecule has 15 heavy (non-hydrogen) atoms. The van der Waals surface area contributed by atoms with Crippen LogP contribution in [0.2, 0.25) is 0 Å². The summed E-state index contributed by atoms with van der Waals surface area (Å²) in [4.78, 5) is 2.17. The van der Waals surface area contributed by atoms with Crippen molar-refractivity contribution in [2.24, 2.45) is 5.92 Å². The molecule has 3 nitrogen and oxygen atoms in total. The lowest BCUT2D eigenvalue weighted by Gasteiger charge is -2.21. The van der Waals surface area contributed by atoms with Gasteiger partial charge in [-0.1, -0.05) is 19.3 Å². The van der Waals surface area contributed by atoms with E-state index in [9.17, 15) is 0 Å². The Bertz CT molecular complexity index is 207. The van der Waals surface area contributed by atoms with Crippen molar-refractivity contribution in [1.82, 2.24) is 10.2 Å². The molecule has 0 saturated heterocycles. The van der Waals surface area contributed by atoms with E-state index in [2.05, 4.69) is 30.4 Å². The zero-order valence-electron chi connectivity index (χ0n) is 10.00. The van der Waals surface area contributed by atoms with Crippen molar-refractivity contribution < 1.29 is 0 Å². The fourth-order valence-corrected chi connectivity index (χ4v) is 2.18. The predicted octanol–water partition coefficient (Wildman–Crippen LogP) is 1.61. The van der Waals surface area contributed by atoms with Crippen LogP contribution in [-0.2, 0) is 0 Å². The Labute approximate surface area is 93.5 Å². The molecule has 0 heterocycles. The van der Waals surface area contributed by atoms with Crippen molar-refractivity contribution in [3.8, 4) is 6.07 Å². The van der Waals surface area contributed by atoms with Crippen molar-refractivity contribution in [2.45, 2.75) is 38.1 Å². The Morgan fingerprint density at radius 3 is 2.67 bits per heavy atom. The lowest BCUT2D eigenvalue weighted by Crippen LogP contribution is -2.38. The molecule has 0 aromatic heterocycles. The smallest absolute Gasteiger partial charge is 0.0672 e. The van der Waals surface area contributed by atoms with Gasteiger partial charge in [-0.15, -0.1) is 0 Å². The fourth-order valence-electron chi connectivity index (χ4n) is 2.18. The number of nitrogens with zero attached hydrogens (tertiary/aromatic N) is 2. The number of rotatable bonds is 4. The lowest BCUT2D eigenvalue weighted by atomic mass is 9.96. The van der Waals surface area contributed by atoms with Gasteiger partial charge < -0.3 is 10.2 Å². The fraction of sp³-hybridized carbons (Fsp3) is 0.917. The highest BCUT2D eigenvalue weighted by atomic mass is 15.1. The van der Waals surface area contributed by atoms with Crippen molar-refractivity contribution in [3.63, 3.8) is 0 Å². The Hall–Kier alpha value is -0.590. The zero-order valence-corrected chi connectivity index (χ0v) is 10.00. The summed E-state index contributed by atoms with van der Waals surface area (Å²) < 4.78 is 0. The van der Waals surface area contributed by atoms with Gasteiger partial charge in [0.2, 0.25) is 0 Å². The van der Waals surface area contributed by atoms with Crippen molar-refractivity contribution in [3.05, 3.63) is 0 Å². The van der Waals surface area contributed by atoms with Crippen LogP contribution in [0.15, 0.2) is 0 Å². The van der Waals surface area contributed by atoms with Crippen LogP contribution in [0.1, 0.15) is 32.1 Å². The molecule has 3 heteroatoms. The summed E-state index contributed by atoms with van der Waals surface area (Å²) in [5, 5.41) is 12.6. The third-order valence-electron chi connectivity index (χ3n) is 3.15. The van der Waals surface area contributed by atoms with E-state index in [4.69, 9.17) is 5.26 Å². The lowest BCUT2D eigenvalue weighted by molar-refractivity contribution is 0.348. The van der Waals surface area contributed by atoms with Crippen molar-refractivity contribution in [1.29, 1.82) is 5.26 Å². The van der Waals surface area contributed by atoms with E-state index in [1.165, 1.54) is 25.7 Å². The van der Waals surface area contributed by atoms with Crippen LogP contribution in [-0.4, -0.2) is 38.1 Å². The molecule has 1 aliphatic carbocycles. The maximum absolute atomic E-state index is 9.09. The van der Waals surface area contributed by atoms with Gasteiger partial charge in [-0.3, -0.25) is 0 Å². The van der Waals surface area contributed by atoms with E-state index < -0.39 is 0 Å². The molecule has 0 aliphatic heterocycles. The zero-order chi connectivity index (χ0) is 11.1. The minimum atomic E-state index is 0.231. The summed E-state index contributed by atoms with van der Waals surface area (Å²) in [6, 6.07) is 2.88. The average molecular weight is 209 g/mol. The molecule has 0 aromatic carbocycles. The molecule has 0 amide bonds. The van der Waals surface area contributed by atoms with Gasteiger partial charge in [-0.25, -0.2) is 0 Å². The molecule has 1 N–H and O–H groups in total. The number of hydrogen-bond acceptors (Lipinski definition) is 3. The predicted molar refractivity (Wildman–Crippen MR) is 62.5 cm³/mol. The van der Waals surface area contributed by atoms with E-state index in [0.29, 0.717) is 6.04 Å². The largest absolute Gasteiger partial charge is 0.311 e. The molecule has 1 fully saturated rings. The Morgan fingerprint density at radius 1 is 1.27 bits per heavy atom. The van der Waals surface area contributed by atoms with Crippen LogP contribution in [0.4, 0.5) is 0 Å². The second-order valence-corrected chi connectivity index (χ2v) is 4.74. The molecular weight excluding hydrogens is 186 g/mol. The van der Waals surface area contributed by atoms with E-state index in [1.54, 1.807) is 0 Å². The van der Waals surface area contributed by atoms with Gasteiger partial charge in [-0.2, -0.15) is 5.26 Å². The van der Waals surface area contributed by atoms with Gasteiger partial charge in [-0.05, 0) is 26.9 Å². The standard InChI is InChI=1S/C12H23N3/c1-15(2)9-8-14-12-7-5-3-4-6-11(12)10-13/h11-12,14H,3-9H2,1-2H3. The summed E-state index contributed by atoms with van der Waals surface area (Å²) >= 11 is 0. The topological polar surface area (TPSA) is 39.1 Å². The molecule has 0 spiro atoms. The van der Waals surface area contributed by atoms with E-state index in [1.807, 2.05) is 0 Å². The van der Waals surface area contributed by atoms with E-state index in [0.717, 1.165) is 19.5 Å². The minimum Gasteiger partial charge on any atom is -0.311 e. The maximum Gasteiger partial charge on any atom is 0.0672 e. The third kappa shape index (κ3) is 4.63. The van der Waals surface area contributed by atoms with Crippen LogP contribution in [0.5, 0.6) is 0 Å². The van der Waals surface area contributed by atoms with Crippen LogP contribution < -0.4 is 5.32 Å². The summed E-state index contributed by atoms with van der Waals surface area (Å²) in [5.41, 5.74) is 0. The first kappa shape index (κ1) is 12.5. The second-order valence-electron chi connectivity index (χ2n) is 4.74. The molecule has 2 atom stereocenters. The first-order valence-corrected chi connectivity index (χ1v) is 6.01. The quantitative estimate of drug-likeness (QED) is 0.715. The third-order valence-corrected chi connectivity index (χ3v) is 3.15. The Morgan fingerprint density at radius 2 is 2.00 bits per heavy atom. The first-order valence-electron chi connectivity index (χ1n) is 6.01. The molecule has 0 aromatic rings. The maximum atomic E-state index is 9.09. The molecule has 2 unspecified atom stereocenters. The normalized spacial score (nSPS) is 27.3. The summed E-state index contributed by atoms with van der Waals surface area (Å²) in [7, 11) is 4.16. The summed E-state index contributed by atoms with van der Waals surface area (Å²) in [5.74, 6) is 0.231. The van der Waals surface area contributed by atoms with Crippen LogP contribution in [0.25, 0.3) is 0 Å². The highest BCUT2D eigenvalue weighted by molar-refractivity contribution is 4.93. The monoisotopic (exact) mass is 209 g/mol. The molecule has 1 rings (SSSR count). The number of likely N-dealkylation sites (N-methyl/N-ethyl adjacent to an activating group) is 1. The Balaban J connectivity index is 2.32. The average Bonchev–Trinajstić information content (AvgIpc) is 2.42. The molecule has 1 aliphatic rings. The highest BCUT2D eigenvalue weighted by Gasteiger charge is 2.22. The highest BCUT2D eigenvalue weighted by Crippen LogP contribution is 2.22. The summed E-state index contributed by atoms with van der Waals surface area (Å²) in [6.07, 6.45) is 6.05. The van der Waals surface area contributed by atoms with Gasteiger partial charge >= 0.3 is 0 Å². The van der Waals surface area contributed by atoms with Crippen LogP contribution >= 0.6 is 0 Å². The van der Waals surface area contributed by atoms with Gasteiger partial charge in [0, 0.05) is 19.1 Å². The van der Waals surface area contributed by atoms with E-state index >= 15 is 0 Å². The van der Waals surface area contributed by atoms with Gasteiger partial charge in [0.05, 0.1) is 12.0 Å². The number of hydrogen-bond donors (Lipinski definition) is 1. The number of nitriles is 1. The molecule has 86 valence electrons. The second kappa shape index (κ2) is 6.81. The molecule has 0 radical (unpaired) electrons.